The fourth-order valence-electron chi connectivity index (χ4n) is 3.03. The van der Waals surface area contributed by atoms with Crippen LogP contribution in [0.3, 0.4) is 0 Å². The highest BCUT2D eigenvalue weighted by molar-refractivity contribution is 5.74. The van der Waals surface area contributed by atoms with E-state index in [4.69, 9.17) is 0 Å². The Hall–Kier alpha value is -1.51. The van der Waals surface area contributed by atoms with Crippen molar-refractivity contribution in [3.63, 3.8) is 0 Å². The number of aliphatic carboxylic acids is 1. The van der Waals surface area contributed by atoms with E-state index in [0.29, 0.717) is 12.5 Å². The largest absolute Gasteiger partial charge is 0.481 e. The molecule has 0 saturated carbocycles. The number of para-hydroxylation sites is 1. The zero-order chi connectivity index (χ0) is 14.2. The number of carboxylic acid groups (broad SMARTS) is 1. The van der Waals surface area contributed by atoms with Crippen LogP contribution in [0.5, 0.6) is 0 Å². The minimum atomic E-state index is -0.716. The van der Waals surface area contributed by atoms with Gasteiger partial charge in [-0.1, -0.05) is 18.2 Å². The molecule has 1 heterocycles. The van der Waals surface area contributed by atoms with Crippen LogP contribution in [0.1, 0.15) is 39.7 Å². The lowest BCUT2D eigenvalue weighted by atomic mass is 9.84. The Morgan fingerprint density at radius 1 is 1.42 bits per heavy atom. The van der Waals surface area contributed by atoms with Gasteiger partial charge in [-0.2, -0.15) is 0 Å². The highest BCUT2D eigenvalue weighted by Crippen LogP contribution is 2.38. The van der Waals surface area contributed by atoms with E-state index in [0.717, 1.165) is 6.42 Å². The molecule has 0 amide bonds. The lowest BCUT2D eigenvalue weighted by Crippen LogP contribution is -2.42. The highest BCUT2D eigenvalue weighted by atomic mass is 16.4. The van der Waals surface area contributed by atoms with Crippen LogP contribution in [-0.2, 0) is 11.2 Å². The first kappa shape index (κ1) is 13.9. The number of hydrogen-bond acceptors (Lipinski definition) is 2. The second kappa shape index (κ2) is 4.87. The molecule has 2 rings (SSSR count). The molecule has 1 atom stereocenters. The minimum absolute atomic E-state index is 0.281. The molecule has 3 nitrogen and oxygen atoms in total. The quantitative estimate of drug-likeness (QED) is 0.903. The van der Waals surface area contributed by atoms with Gasteiger partial charge in [-0.3, -0.25) is 4.79 Å². The predicted octanol–water partition coefficient (Wildman–Crippen LogP) is 3.33. The number of nitrogens with zero attached hydrogens (tertiary/aromatic N) is 1. The van der Waals surface area contributed by atoms with E-state index in [1.165, 1.54) is 11.3 Å². The molecule has 1 aliphatic rings. The Morgan fingerprint density at radius 3 is 2.63 bits per heavy atom. The van der Waals surface area contributed by atoms with Crippen molar-refractivity contribution in [2.45, 2.75) is 52.6 Å². The van der Waals surface area contributed by atoms with Gasteiger partial charge in [0, 0.05) is 17.8 Å². The average molecular weight is 261 g/mol. The smallest absolute Gasteiger partial charge is 0.309 e. The van der Waals surface area contributed by atoms with E-state index < -0.39 is 11.4 Å². The molecule has 0 radical (unpaired) electrons. The molecule has 3 heteroatoms. The van der Waals surface area contributed by atoms with Gasteiger partial charge in [-0.05, 0) is 52.2 Å². The molecule has 0 fully saturated rings. The van der Waals surface area contributed by atoms with E-state index in [9.17, 15) is 9.90 Å². The van der Waals surface area contributed by atoms with Crippen molar-refractivity contribution in [3.8, 4) is 0 Å². The summed E-state index contributed by atoms with van der Waals surface area (Å²) in [6.45, 7) is 7.97. The molecular formula is C16H23NO2. The SMILES string of the molecule is CC(C)N1c2ccccc2CC1CC(C)(C)C(=O)O. The molecule has 1 aliphatic heterocycles. The highest BCUT2D eigenvalue weighted by Gasteiger charge is 2.37. The maximum atomic E-state index is 11.3. The standard InChI is InChI=1S/C16H23NO2/c1-11(2)17-13(10-16(3,4)15(18)19)9-12-7-5-6-8-14(12)17/h5-8,11,13H,9-10H2,1-4H3,(H,18,19). The van der Waals surface area contributed by atoms with Gasteiger partial charge < -0.3 is 10.0 Å². The molecule has 1 aromatic rings. The molecule has 1 unspecified atom stereocenters. The third kappa shape index (κ3) is 2.60. The average Bonchev–Trinajstić information content (AvgIpc) is 2.65. The van der Waals surface area contributed by atoms with Crippen LogP contribution in [0, 0.1) is 5.41 Å². The molecule has 19 heavy (non-hydrogen) atoms. The molecule has 0 bridgehead atoms. The zero-order valence-corrected chi connectivity index (χ0v) is 12.2. The van der Waals surface area contributed by atoms with Crippen LogP contribution in [0.25, 0.3) is 0 Å². The lowest BCUT2D eigenvalue weighted by molar-refractivity contribution is -0.147. The van der Waals surface area contributed by atoms with E-state index >= 15 is 0 Å². The zero-order valence-electron chi connectivity index (χ0n) is 12.2. The molecule has 1 aromatic carbocycles. The van der Waals surface area contributed by atoms with Gasteiger partial charge in [0.25, 0.3) is 0 Å². The maximum absolute atomic E-state index is 11.3. The Balaban J connectivity index is 2.27. The second-order valence-electron chi connectivity index (χ2n) is 6.38. The summed E-state index contributed by atoms with van der Waals surface area (Å²) in [5, 5.41) is 9.32. The van der Waals surface area contributed by atoms with Crippen molar-refractivity contribution >= 4 is 11.7 Å². The maximum Gasteiger partial charge on any atom is 0.309 e. The first-order valence-corrected chi connectivity index (χ1v) is 6.92. The van der Waals surface area contributed by atoms with E-state index in [-0.39, 0.29) is 6.04 Å². The summed E-state index contributed by atoms with van der Waals surface area (Å²) in [6, 6.07) is 9.07. The molecule has 0 spiro atoms. The Bertz CT molecular complexity index is 479. The van der Waals surface area contributed by atoms with Crippen molar-refractivity contribution in [2.75, 3.05) is 4.90 Å². The van der Waals surface area contributed by atoms with Gasteiger partial charge >= 0.3 is 5.97 Å². The molecule has 0 aromatic heterocycles. The normalized spacial score (nSPS) is 18.8. The van der Waals surface area contributed by atoms with Gasteiger partial charge in [0.2, 0.25) is 0 Å². The van der Waals surface area contributed by atoms with Crippen molar-refractivity contribution < 1.29 is 9.90 Å². The van der Waals surface area contributed by atoms with Crippen LogP contribution in [0.4, 0.5) is 5.69 Å². The van der Waals surface area contributed by atoms with Gasteiger partial charge in [0.15, 0.2) is 0 Å². The van der Waals surface area contributed by atoms with Crippen LogP contribution < -0.4 is 4.90 Å². The first-order valence-electron chi connectivity index (χ1n) is 6.92. The molecule has 0 saturated heterocycles. The third-order valence-electron chi connectivity index (χ3n) is 4.00. The van der Waals surface area contributed by atoms with Crippen LogP contribution in [0.15, 0.2) is 24.3 Å². The van der Waals surface area contributed by atoms with Crippen molar-refractivity contribution in [1.29, 1.82) is 0 Å². The van der Waals surface area contributed by atoms with Crippen LogP contribution in [-0.4, -0.2) is 23.2 Å². The van der Waals surface area contributed by atoms with Gasteiger partial charge in [0.1, 0.15) is 0 Å². The van der Waals surface area contributed by atoms with E-state index in [1.807, 2.05) is 13.8 Å². The number of carboxylic acids is 1. The van der Waals surface area contributed by atoms with E-state index in [1.54, 1.807) is 0 Å². The van der Waals surface area contributed by atoms with Crippen LogP contribution >= 0.6 is 0 Å². The number of hydrogen-bond donors (Lipinski definition) is 1. The summed E-state index contributed by atoms with van der Waals surface area (Å²) < 4.78 is 0. The molecule has 1 N–H and O–H groups in total. The molecule has 0 aliphatic carbocycles. The fraction of sp³-hybridized carbons (Fsp3) is 0.562. The Kier molecular flexibility index (Phi) is 3.57. The Morgan fingerprint density at radius 2 is 2.05 bits per heavy atom. The minimum Gasteiger partial charge on any atom is -0.481 e. The summed E-state index contributed by atoms with van der Waals surface area (Å²) in [5.74, 6) is -0.716. The fourth-order valence-corrected chi connectivity index (χ4v) is 3.03. The number of benzene rings is 1. The number of anilines is 1. The second-order valence-corrected chi connectivity index (χ2v) is 6.38. The topological polar surface area (TPSA) is 40.5 Å². The first-order chi connectivity index (χ1) is 8.83. The van der Waals surface area contributed by atoms with Crippen molar-refractivity contribution in [3.05, 3.63) is 29.8 Å². The molecule has 104 valence electrons. The summed E-state index contributed by atoms with van der Waals surface area (Å²) in [6.07, 6.45) is 1.63. The van der Waals surface area contributed by atoms with Gasteiger partial charge in [-0.15, -0.1) is 0 Å². The number of carbonyl (C=O) groups is 1. The summed E-state index contributed by atoms with van der Waals surface area (Å²) in [4.78, 5) is 13.7. The number of fused-ring (bicyclic) bond motifs is 1. The predicted molar refractivity (Wildman–Crippen MR) is 77.6 cm³/mol. The van der Waals surface area contributed by atoms with Crippen molar-refractivity contribution in [2.24, 2.45) is 5.41 Å². The number of rotatable bonds is 4. The van der Waals surface area contributed by atoms with E-state index in [2.05, 4.69) is 43.0 Å². The summed E-state index contributed by atoms with van der Waals surface area (Å²) in [5.41, 5.74) is 1.92. The van der Waals surface area contributed by atoms with Gasteiger partial charge in [-0.25, -0.2) is 0 Å². The summed E-state index contributed by atoms with van der Waals surface area (Å²) in [7, 11) is 0. The third-order valence-corrected chi connectivity index (χ3v) is 4.00. The van der Waals surface area contributed by atoms with Crippen molar-refractivity contribution in [1.82, 2.24) is 0 Å². The van der Waals surface area contributed by atoms with Crippen LogP contribution in [0.2, 0.25) is 0 Å². The lowest BCUT2D eigenvalue weighted by Gasteiger charge is -2.35. The summed E-state index contributed by atoms with van der Waals surface area (Å²) >= 11 is 0. The van der Waals surface area contributed by atoms with Gasteiger partial charge in [0.05, 0.1) is 5.41 Å². The Labute approximate surface area is 115 Å². The monoisotopic (exact) mass is 261 g/mol. The molecular weight excluding hydrogens is 238 g/mol.